The standard InChI is InChI=1S/C14H24N4O/c1-9(7-12(15)19)18-11-5-6-16-8-10(11)17-13(18)14(2,3)4/h9,16H,5-8H2,1-4H3,(H2,15,19). The summed E-state index contributed by atoms with van der Waals surface area (Å²) in [5, 5.41) is 3.35. The van der Waals surface area contributed by atoms with Gasteiger partial charge in [-0.3, -0.25) is 4.79 Å². The molecular formula is C14H24N4O. The molecule has 19 heavy (non-hydrogen) atoms. The first-order valence-corrected chi connectivity index (χ1v) is 6.90. The SMILES string of the molecule is CC(CC(N)=O)n1c(C(C)(C)C)nc2c1CCNC2. The van der Waals surface area contributed by atoms with Crippen LogP contribution in [-0.2, 0) is 23.2 Å². The number of carbonyl (C=O) groups is 1. The van der Waals surface area contributed by atoms with Crippen molar-refractivity contribution in [2.24, 2.45) is 5.73 Å². The Hall–Kier alpha value is -1.36. The van der Waals surface area contributed by atoms with Gasteiger partial charge in [-0.25, -0.2) is 4.98 Å². The van der Waals surface area contributed by atoms with Gasteiger partial charge in [0.2, 0.25) is 5.91 Å². The summed E-state index contributed by atoms with van der Waals surface area (Å²) in [6.45, 7) is 10.3. The van der Waals surface area contributed by atoms with E-state index in [2.05, 4.69) is 30.7 Å². The monoisotopic (exact) mass is 264 g/mol. The predicted molar refractivity (Wildman–Crippen MR) is 74.9 cm³/mol. The lowest BCUT2D eigenvalue weighted by Gasteiger charge is -2.25. The Morgan fingerprint density at radius 2 is 2.21 bits per heavy atom. The van der Waals surface area contributed by atoms with Gasteiger partial charge in [0.05, 0.1) is 5.69 Å². The van der Waals surface area contributed by atoms with E-state index in [4.69, 9.17) is 10.7 Å². The number of rotatable bonds is 3. The number of nitrogens with one attached hydrogen (secondary N) is 1. The van der Waals surface area contributed by atoms with E-state index in [1.807, 2.05) is 6.92 Å². The van der Waals surface area contributed by atoms with Crippen molar-refractivity contribution in [3.8, 4) is 0 Å². The maximum Gasteiger partial charge on any atom is 0.219 e. The molecule has 1 amide bonds. The zero-order chi connectivity index (χ0) is 14.2. The van der Waals surface area contributed by atoms with Crippen molar-refractivity contribution < 1.29 is 4.79 Å². The van der Waals surface area contributed by atoms with E-state index in [1.54, 1.807) is 0 Å². The van der Waals surface area contributed by atoms with Gasteiger partial charge in [0.15, 0.2) is 0 Å². The van der Waals surface area contributed by atoms with Crippen molar-refractivity contribution in [1.29, 1.82) is 0 Å². The number of nitrogens with two attached hydrogens (primary N) is 1. The zero-order valence-corrected chi connectivity index (χ0v) is 12.3. The van der Waals surface area contributed by atoms with Crippen molar-refractivity contribution in [3.05, 3.63) is 17.2 Å². The van der Waals surface area contributed by atoms with Gasteiger partial charge in [-0.15, -0.1) is 0 Å². The Kier molecular flexibility index (Phi) is 3.67. The summed E-state index contributed by atoms with van der Waals surface area (Å²) in [5.74, 6) is 0.790. The van der Waals surface area contributed by atoms with E-state index in [1.165, 1.54) is 5.69 Å². The van der Waals surface area contributed by atoms with Gasteiger partial charge >= 0.3 is 0 Å². The highest BCUT2D eigenvalue weighted by Crippen LogP contribution is 2.30. The number of hydrogen-bond acceptors (Lipinski definition) is 3. The Bertz CT molecular complexity index is 484. The fourth-order valence-corrected chi connectivity index (χ4v) is 2.72. The summed E-state index contributed by atoms with van der Waals surface area (Å²) in [6, 6.07) is 0.0704. The average molecular weight is 264 g/mol. The molecule has 1 aliphatic rings. The molecule has 0 saturated carbocycles. The quantitative estimate of drug-likeness (QED) is 0.863. The van der Waals surface area contributed by atoms with Gasteiger partial charge in [-0.2, -0.15) is 0 Å². The predicted octanol–water partition coefficient (Wildman–Crippen LogP) is 1.26. The molecule has 0 fully saturated rings. The summed E-state index contributed by atoms with van der Waals surface area (Å²) in [5.41, 5.74) is 7.69. The fourth-order valence-electron chi connectivity index (χ4n) is 2.72. The third-order valence-electron chi connectivity index (χ3n) is 3.53. The van der Waals surface area contributed by atoms with Crippen LogP contribution in [0.2, 0.25) is 0 Å². The minimum Gasteiger partial charge on any atom is -0.370 e. The molecule has 0 radical (unpaired) electrons. The van der Waals surface area contributed by atoms with Crippen LogP contribution in [-0.4, -0.2) is 22.0 Å². The van der Waals surface area contributed by atoms with Gasteiger partial charge in [0.1, 0.15) is 5.82 Å². The Morgan fingerprint density at radius 1 is 1.53 bits per heavy atom. The molecule has 5 heteroatoms. The molecule has 1 unspecified atom stereocenters. The minimum absolute atomic E-state index is 0.0384. The van der Waals surface area contributed by atoms with E-state index in [0.29, 0.717) is 6.42 Å². The molecule has 2 heterocycles. The molecule has 2 rings (SSSR count). The number of nitrogens with zero attached hydrogens (tertiary/aromatic N) is 2. The first-order valence-electron chi connectivity index (χ1n) is 6.90. The maximum absolute atomic E-state index is 11.2. The summed E-state index contributed by atoms with van der Waals surface area (Å²) >= 11 is 0. The Balaban J connectivity index is 2.49. The number of hydrogen-bond donors (Lipinski definition) is 2. The number of aromatic nitrogens is 2. The van der Waals surface area contributed by atoms with Crippen molar-refractivity contribution in [2.45, 2.75) is 58.5 Å². The highest BCUT2D eigenvalue weighted by molar-refractivity contribution is 5.74. The van der Waals surface area contributed by atoms with Crippen LogP contribution in [0.5, 0.6) is 0 Å². The van der Waals surface area contributed by atoms with Gasteiger partial charge in [0.25, 0.3) is 0 Å². The first-order chi connectivity index (χ1) is 8.80. The number of fused-ring (bicyclic) bond motifs is 1. The Labute approximate surface area is 114 Å². The lowest BCUT2D eigenvalue weighted by atomic mass is 9.95. The van der Waals surface area contributed by atoms with E-state index >= 15 is 0 Å². The normalized spacial score (nSPS) is 17.1. The van der Waals surface area contributed by atoms with Crippen LogP contribution < -0.4 is 11.1 Å². The molecule has 5 nitrogen and oxygen atoms in total. The topological polar surface area (TPSA) is 72.9 Å². The molecule has 3 N–H and O–H groups in total. The summed E-state index contributed by atoms with van der Waals surface area (Å²) in [6.07, 6.45) is 1.32. The molecule has 1 aromatic rings. The maximum atomic E-state index is 11.2. The number of amides is 1. The first kappa shape index (κ1) is 14.1. The van der Waals surface area contributed by atoms with E-state index in [0.717, 1.165) is 31.0 Å². The average Bonchev–Trinajstić information content (AvgIpc) is 2.66. The minimum atomic E-state index is -0.260. The molecule has 0 aliphatic carbocycles. The molecule has 0 saturated heterocycles. The number of primary amides is 1. The molecular weight excluding hydrogens is 240 g/mol. The lowest BCUT2D eigenvalue weighted by molar-refractivity contribution is -0.118. The van der Waals surface area contributed by atoms with Gasteiger partial charge in [-0.1, -0.05) is 20.8 Å². The fraction of sp³-hybridized carbons (Fsp3) is 0.714. The van der Waals surface area contributed by atoms with Crippen molar-refractivity contribution in [3.63, 3.8) is 0 Å². The van der Waals surface area contributed by atoms with Crippen LogP contribution in [0.15, 0.2) is 0 Å². The zero-order valence-electron chi connectivity index (χ0n) is 12.3. The van der Waals surface area contributed by atoms with E-state index < -0.39 is 0 Å². The molecule has 1 atom stereocenters. The van der Waals surface area contributed by atoms with Crippen molar-refractivity contribution in [1.82, 2.24) is 14.9 Å². The highest BCUT2D eigenvalue weighted by Gasteiger charge is 2.29. The molecule has 0 spiro atoms. The van der Waals surface area contributed by atoms with Crippen molar-refractivity contribution >= 4 is 5.91 Å². The van der Waals surface area contributed by atoms with Crippen LogP contribution in [0, 0.1) is 0 Å². The van der Waals surface area contributed by atoms with E-state index in [9.17, 15) is 4.79 Å². The molecule has 0 aromatic carbocycles. The smallest absolute Gasteiger partial charge is 0.219 e. The molecule has 106 valence electrons. The van der Waals surface area contributed by atoms with Crippen LogP contribution in [0.25, 0.3) is 0 Å². The van der Waals surface area contributed by atoms with Gasteiger partial charge < -0.3 is 15.6 Å². The second kappa shape index (κ2) is 4.96. The lowest BCUT2D eigenvalue weighted by Crippen LogP contribution is -2.28. The van der Waals surface area contributed by atoms with Crippen LogP contribution in [0.1, 0.15) is 57.4 Å². The third kappa shape index (κ3) is 2.81. The number of imidazole rings is 1. The van der Waals surface area contributed by atoms with Crippen LogP contribution in [0.3, 0.4) is 0 Å². The molecule has 0 bridgehead atoms. The second-order valence-electron chi connectivity index (χ2n) is 6.40. The van der Waals surface area contributed by atoms with Gasteiger partial charge in [0, 0.05) is 43.1 Å². The van der Waals surface area contributed by atoms with E-state index in [-0.39, 0.29) is 17.4 Å². The van der Waals surface area contributed by atoms with Crippen molar-refractivity contribution in [2.75, 3.05) is 6.54 Å². The van der Waals surface area contributed by atoms with Gasteiger partial charge in [-0.05, 0) is 6.92 Å². The second-order valence-corrected chi connectivity index (χ2v) is 6.40. The summed E-state index contributed by atoms with van der Waals surface area (Å²) < 4.78 is 2.24. The Morgan fingerprint density at radius 3 is 2.79 bits per heavy atom. The summed E-state index contributed by atoms with van der Waals surface area (Å²) in [4.78, 5) is 16.0. The highest BCUT2D eigenvalue weighted by atomic mass is 16.1. The summed E-state index contributed by atoms with van der Waals surface area (Å²) in [7, 11) is 0. The number of carbonyl (C=O) groups excluding carboxylic acids is 1. The third-order valence-corrected chi connectivity index (χ3v) is 3.53. The molecule has 1 aliphatic heterocycles. The largest absolute Gasteiger partial charge is 0.370 e. The molecule has 1 aromatic heterocycles. The van der Waals surface area contributed by atoms with Crippen LogP contribution in [0.4, 0.5) is 0 Å². The van der Waals surface area contributed by atoms with Crippen LogP contribution >= 0.6 is 0 Å².